The van der Waals surface area contributed by atoms with Crippen molar-refractivity contribution in [2.24, 2.45) is 0 Å². The van der Waals surface area contributed by atoms with Crippen molar-refractivity contribution in [1.82, 2.24) is 9.97 Å². The van der Waals surface area contributed by atoms with E-state index >= 15 is 0 Å². The van der Waals surface area contributed by atoms with Crippen molar-refractivity contribution in [3.05, 3.63) is 36.0 Å². The first-order valence-electron chi connectivity index (χ1n) is 9.08. The van der Waals surface area contributed by atoms with Crippen LogP contribution in [-0.2, 0) is 4.74 Å². The Morgan fingerprint density at radius 3 is 2.36 bits per heavy atom. The van der Waals surface area contributed by atoms with E-state index in [1.165, 1.54) is 31.6 Å². The van der Waals surface area contributed by atoms with Gasteiger partial charge in [0.2, 0.25) is 5.95 Å². The Hall–Kier alpha value is -2.34. The van der Waals surface area contributed by atoms with E-state index < -0.39 is 0 Å². The van der Waals surface area contributed by atoms with Crippen molar-refractivity contribution in [2.75, 3.05) is 54.5 Å². The molecule has 0 atom stereocenters. The number of aromatic nitrogens is 2. The van der Waals surface area contributed by atoms with Gasteiger partial charge in [-0.05, 0) is 44.0 Å². The minimum atomic E-state index is 0.734. The van der Waals surface area contributed by atoms with Gasteiger partial charge in [0.15, 0.2) is 0 Å². The van der Waals surface area contributed by atoms with Crippen LogP contribution in [0, 0.1) is 6.92 Å². The molecule has 1 aromatic heterocycles. The summed E-state index contributed by atoms with van der Waals surface area (Å²) in [6.07, 6.45) is 2.59. The Bertz CT molecular complexity index is 706. The van der Waals surface area contributed by atoms with Crippen molar-refractivity contribution in [1.29, 1.82) is 0 Å². The summed E-state index contributed by atoms with van der Waals surface area (Å²) in [6.45, 7) is 7.49. The van der Waals surface area contributed by atoms with Crippen LogP contribution in [0.1, 0.15) is 18.5 Å². The molecule has 0 bridgehead atoms. The van der Waals surface area contributed by atoms with Crippen molar-refractivity contribution < 1.29 is 4.74 Å². The van der Waals surface area contributed by atoms with Crippen LogP contribution in [0.3, 0.4) is 0 Å². The smallest absolute Gasteiger partial charge is 0.227 e. The lowest BCUT2D eigenvalue weighted by Crippen LogP contribution is -2.37. The van der Waals surface area contributed by atoms with E-state index in [-0.39, 0.29) is 0 Å². The first kappa shape index (κ1) is 16.1. The van der Waals surface area contributed by atoms with Crippen molar-refractivity contribution in [3.63, 3.8) is 0 Å². The molecule has 0 radical (unpaired) electrons. The average molecular weight is 339 g/mol. The summed E-state index contributed by atoms with van der Waals surface area (Å²) in [5.41, 5.74) is 3.32. The molecule has 2 saturated heterocycles. The topological polar surface area (TPSA) is 53.5 Å². The van der Waals surface area contributed by atoms with E-state index in [2.05, 4.69) is 44.4 Å². The molecule has 2 aliphatic heterocycles. The molecule has 2 fully saturated rings. The van der Waals surface area contributed by atoms with Gasteiger partial charge in [-0.25, -0.2) is 4.98 Å². The van der Waals surface area contributed by atoms with E-state index in [0.717, 1.165) is 49.5 Å². The van der Waals surface area contributed by atoms with Crippen LogP contribution in [0.5, 0.6) is 0 Å². The van der Waals surface area contributed by atoms with Crippen LogP contribution < -0.4 is 15.1 Å². The predicted octanol–water partition coefficient (Wildman–Crippen LogP) is 2.97. The normalized spacial score (nSPS) is 17.8. The highest BCUT2D eigenvalue weighted by Crippen LogP contribution is 2.24. The summed E-state index contributed by atoms with van der Waals surface area (Å²) in [4.78, 5) is 13.9. The molecule has 0 unspecified atom stereocenters. The van der Waals surface area contributed by atoms with Gasteiger partial charge >= 0.3 is 0 Å². The van der Waals surface area contributed by atoms with Gasteiger partial charge in [0.1, 0.15) is 5.82 Å². The highest BCUT2D eigenvalue weighted by Gasteiger charge is 2.15. The van der Waals surface area contributed by atoms with Crippen LogP contribution in [-0.4, -0.2) is 49.4 Å². The molecule has 3 heterocycles. The Balaban J connectivity index is 1.48. The summed E-state index contributed by atoms with van der Waals surface area (Å²) >= 11 is 0. The van der Waals surface area contributed by atoms with Gasteiger partial charge in [0, 0.05) is 49.3 Å². The number of benzene rings is 1. The van der Waals surface area contributed by atoms with Crippen molar-refractivity contribution in [2.45, 2.75) is 19.8 Å². The van der Waals surface area contributed by atoms with Crippen LogP contribution in [0.4, 0.5) is 23.1 Å². The fourth-order valence-corrected chi connectivity index (χ4v) is 3.40. The monoisotopic (exact) mass is 339 g/mol. The highest BCUT2D eigenvalue weighted by molar-refractivity contribution is 5.62. The van der Waals surface area contributed by atoms with Gasteiger partial charge in [0.05, 0.1) is 13.2 Å². The zero-order chi connectivity index (χ0) is 17.1. The fraction of sp³-hybridized carbons (Fsp3) is 0.474. The van der Waals surface area contributed by atoms with Crippen molar-refractivity contribution in [3.8, 4) is 0 Å². The van der Waals surface area contributed by atoms with E-state index in [1.807, 2.05) is 13.0 Å². The number of nitrogens with one attached hydrogen (secondary N) is 1. The average Bonchev–Trinajstić information content (AvgIpc) is 3.17. The second-order valence-corrected chi connectivity index (χ2v) is 6.66. The SMILES string of the molecule is Cc1cc(Nc2ccc(N3CCCC3)cc2)nc(N2CCOCC2)n1. The molecule has 132 valence electrons. The Kier molecular flexibility index (Phi) is 4.70. The van der Waals surface area contributed by atoms with Crippen LogP contribution in [0.15, 0.2) is 30.3 Å². The van der Waals surface area contributed by atoms with Gasteiger partial charge in [0.25, 0.3) is 0 Å². The van der Waals surface area contributed by atoms with Gasteiger partial charge < -0.3 is 19.9 Å². The number of anilines is 4. The molecule has 0 spiro atoms. The molecule has 6 heteroatoms. The van der Waals surface area contributed by atoms with Crippen LogP contribution in [0.2, 0.25) is 0 Å². The lowest BCUT2D eigenvalue weighted by molar-refractivity contribution is 0.122. The first-order valence-corrected chi connectivity index (χ1v) is 9.08. The number of nitrogens with zero attached hydrogens (tertiary/aromatic N) is 4. The van der Waals surface area contributed by atoms with Gasteiger partial charge in [-0.2, -0.15) is 4.98 Å². The zero-order valence-corrected chi connectivity index (χ0v) is 14.7. The van der Waals surface area contributed by atoms with Crippen LogP contribution >= 0.6 is 0 Å². The third-order valence-electron chi connectivity index (χ3n) is 4.75. The summed E-state index contributed by atoms with van der Waals surface area (Å²) < 4.78 is 5.41. The highest BCUT2D eigenvalue weighted by atomic mass is 16.5. The minimum Gasteiger partial charge on any atom is -0.378 e. The molecule has 0 saturated carbocycles. The largest absolute Gasteiger partial charge is 0.378 e. The van der Waals surface area contributed by atoms with Gasteiger partial charge in [-0.3, -0.25) is 0 Å². The summed E-state index contributed by atoms with van der Waals surface area (Å²) in [6, 6.07) is 10.6. The molecule has 0 amide bonds. The maximum absolute atomic E-state index is 5.41. The minimum absolute atomic E-state index is 0.734. The first-order chi connectivity index (χ1) is 12.3. The second kappa shape index (κ2) is 7.27. The number of aryl methyl sites for hydroxylation is 1. The fourth-order valence-electron chi connectivity index (χ4n) is 3.40. The van der Waals surface area contributed by atoms with E-state index in [4.69, 9.17) is 9.72 Å². The van der Waals surface area contributed by atoms with Gasteiger partial charge in [-0.15, -0.1) is 0 Å². The summed E-state index contributed by atoms with van der Waals surface area (Å²) in [7, 11) is 0. The lowest BCUT2D eigenvalue weighted by atomic mass is 10.2. The van der Waals surface area contributed by atoms with E-state index in [9.17, 15) is 0 Å². The molecule has 0 aliphatic carbocycles. The van der Waals surface area contributed by atoms with E-state index in [0.29, 0.717) is 0 Å². The Labute approximate surface area is 148 Å². The Morgan fingerprint density at radius 1 is 0.920 bits per heavy atom. The quantitative estimate of drug-likeness (QED) is 0.924. The number of rotatable bonds is 4. The van der Waals surface area contributed by atoms with Crippen molar-refractivity contribution >= 4 is 23.1 Å². The molecular weight excluding hydrogens is 314 g/mol. The molecule has 1 aromatic carbocycles. The van der Waals surface area contributed by atoms with E-state index in [1.54, 1.807) is 0 Å². The lowest BCUT2D eigenvalue weighted by Gasteiger charge is -2.27. The maximum Gasteiger partial charge on any atom is 0.227 e. The van der Waals surface area contributed by atoms with Crippen LogP contribution in [0.25, 0.3) is 0 Å². The Morgan fingerprint density at radius 2 is 1.64 bits per heavy atom. The molecule has 2 aromatic rings. The number of hydrogen-bond acceptors (Lipinski definition) is 6. The zero-order valence-electron chi connectivity index (χ0n) is 14.7. The van der Waals surface area contributed by atoms with Gasteiger partial charge in [-0.1, -0.05) is 0 Å². The summed E-state index contributed by atoms with van der Waals surface area (Å²) in [5, 5.41) is 3.41. The number of hydrogen-bond donors (Lipinski definition) is 1. The second-order valence-electron chi connectivity index (χ2n) is 6.66. The molecule has 6 nitrogen and oxygen atoms in total. The number of morpholine rings is 1. The molecule has 1 N–H and O–H groups in total. The molecule has 4 rings (SSSR count). The number of ether oxygens (including phenoxy) is 1. The third-order valence-corrected chi connectivity index (χ3v) is 4.75. The maximum atomic E-state index is 5.41. The predicted molar refractivity (Wildman–Crippen MR) is 101 cm³/mol. The molecule has 25 heavy (non-hydrogen) atoms. The molecular formula is C19H25N5O. The molecule has 2 aliphatic rings. The third kappa shape index (κ3) is 3.85. The standard InChI is InChI=1S/C19H25N5O/c1-15-14-18(22-19(20-15)24-10-12-25-13-11-24)21-16-4-6-17(7-5-16)23-8-2-3-9-23/h4-7,14H,2-3,8-13H2,1H3,(H,20,21,22). The summed E-state index contributed by atoms with van der Waals surface area (Å²) in [5.74, 6) is 1.61.